The van der Waals surface area contributed by atoms with Crippen LogP contribution in [-0.2, 0) is 0 Å². The molecule has 1 aliphatic carbocycles. The van der Waals surface area contributed by atoms with Gasteiger partial charge >= 0.3 is 0 Å². The minimum absolute atomic E-state index is 0.718. The van der Waals surface area contributed by atoms with Crippen molar-refractivity contribution in [2.45, 2.75) is 12.8 Å². The molecule has 0 N–H and O–H groups in total. The summed E-state index contributed by atoms with van der Waals surface area (Å²) in [6.07, 6.45) is 7.04. The van der Waals surface area contributed by atoms with Gasteiger partial charge in [-0.2, -0.15) is 0 Å². The Morgan fingerprint density at radius 3 is 2.33 bits per heavy atom. The quantitative estimate of drug-likeness (QED) is 0.223. The summed E-state index contributed by atoms with van der Waals surface area (Å²) in [7, 11) is 0. The maximum Gasteiger partial charge on any atom is 0.235 e. The monoisotopic (exact) mass is 535 g/mol. The highest BCUT2D eigenvalue weighted by Gasteiger charge is 2.21. The number of benzene rings is 4. The van der Waals surface area contributed by atoms with Gasteiger partial charge in [-0.05, 0) is 36.3 Å². The summed E-state index contributed by atoms with van der Waals surface area (Å²) in [4.78, 5) is 10.6. The molecule has 4 aromatic heterocycles. The van der Waals surface area contributed by atoms with Crippen LogP contribution in [0.5, 0.6) is 0 Å². The van der Waals surface area contributed by atoms with E-state index in [1.54, 1.807) is 11.3 Å². The smallest absolute Gasteiger partial charge is 0.235 e. The minimum atomic E-state index is 0.718. The van der Waals surface area contributed by atoms with E-state index in [0.717, 1.165) is 51.3 Å². The molecular formula is C34H21N3S2. The standard InChI is InChI=1S/C34H21N3S2/c1-2-10-20(11-3-1)30-33-31(24-14-6-9-17-28(24)39-33)36-34(35-30)37-25-15-7-4-13-23(25)29-26(37)19-18-22-21-12-5-8-16-27(21)38-32(22)29/h1-4,6-7,9-19H,5,8H2. The molecule has 9 rings (SSSR count). The molecule has 0 saturated carbocycles. The van der Waals surface area contributed by atoms with Crippen LogP contribution >= 0.6 is 22.7 Å². The fraction of sp³-hybridized carbons (Fsp3) is 0.0588. The molecule has 8 aromatic rings. The number of nitrogens with zero attached hydrogens (tertiary/aromatic N) is 3. The van der Waals surface area contributed by atoms with Crippen LogP contribution in [0.4, 0.5) is 0 Å². The van der Waals surface area contributed by atoms with E-state index in [1.165, 1.54) is 40.7 Å². The Morgan fingerprint density at radius 1 is 0.615 bits per heavy atom. The summed E-state index contributed by atoms with van der Waals surface area (Å²) < 4.78 is 7.39. The van der Waals surface area contributed by atoms with E-state index in [4.69, 9.17) is 9.97 Å². The Bertz CT molecular complexity index is 2390. The van der Waals surface area contributed by atoms with E-state index in [2.05, 4.69) is 108 Å². The van der Waals surface area contributed by atoms with Crippen LogP contribution < -0.4 is 9.75 Å². The molecule has 39 heavy (non-hydrogen) atoms. The van der Waals surface area contributed by atoms with Crippen LogP contribution in [-0.4, -0.2) is 14.5 Å². The maximum absolute atomic E-state index is 5.31. The van der Waals surface area contributed by atoms with Crippen molar-refractivity contribution in [2.75, 3.05) is 0 Å². The molecule has 184 valence electrons. The first kappa shape index (κ1) is 21.6. The van der Waals surface area contributed by atoms with Crippen molar-refractivity contribution in [3.63, 3.8) is 0 Å². The molecule has 0 unspecified atom stereocenters. The van der Waals surface area contributed by atoms with Gasteiger partial charge in [-0.25, -0.2) is 9.97 Å². The Hall–Kier alpha value is -4.32. The average Bonchev–Trinajstić information content (AvgIpc) is 3.66. The van der Waals surface area contributed by atoms with Crippen molar-refractivity contribution in [1.29, 1.82) is 0 Å². The van der Waals surface area contributed by atoms with Gasteiger partial charge < -0.3 is 0 Å². The highest BCUT2D eigenvalue weighted by molar-refractivity contribution is 7.26. The van der Waals surface area contributed by atoms with Gasteiger partial charge in [-0.15, -0.1) is 22.7 Å². The topological polar surface area (TPSA) is 30.7 Å². The van der Waals surface area contributed by atoms with Crippen LogP contribution in [0.2, 0.25) is 0 Å². The molecule has 3 nitrogen and oxygen atoms in total. The Kier molecular flexibility index (Phi) is 4.48. The van der Waals surface area contributed by atoms with Gasteiger partial charge in [-0.3, -0.25) is 4.57 Å². The number of aromatic nitrogens is 3. The first-order valence-electron chi connectivity index (χ1n) is 13.3. The highest BCUT2D eigenvalue weighted by atomic mass is 32.1. The second-order valence-electron chi connectivity index (χ2n) is 10.1. The Balaban J connectivity index is 1.46. The van der Waals surface area contributed by atoms with Gasteiger partial charge in [0.2, 0.25) is 5.95 Å². The molecule has 0 amide bonds. The van der Waals surface area contributed by atoms with Crippen molar-refractivity contribution in [2.24, 2.45) is 0 Å². The van der Waals surface area contributed by atoms with Gasteiger partial charge in [0.15, 0.2) is 0 Å². The molecular weight excluding hydrogens is 515 g/mol. The van der Waals surface area contributed by atoms with E-state index in [0.29, 0.717) is 0 Å². The van der Waals surface area contributed by atoms with Gasteiger partial charge in [0, 0.05) is 41.0 Å². The van der Waals surface area contributed by atoms with Gasteiger partial charge in [0.1, 0.15) is 0 Å². The predicted molar refractivity (Wildman–Crippen MR) is 167 cm³/mol. The predicted octanol–water partition coefficient (Wildman–Crippen LogP) is 8.18. The molecule has 4 heterocycles. The number of rotatable bonds is 2. The van der Waals surface area contributed by atoms with E-state index < -0.39 is 0 Å². The molecule has 5 heteroatoms. The molecule has 0 atom stereocenters. The number of hydrogen-bond donors (Lipinski definition) is 0. The molecule has 0 radical (unpaired) electrons. The largest absolute Gasteiger partial charge is 0.278 e. The molecule has 0 fully saturated rings. The summed E-state index contributed by atoms with van der Waals surface area (Å²) in [5, 5.41) is 6.47. The van der Waals surface area contributed by atoms with E-state index in [1.807, 2.05) is 11.3 Å². The number of thiophene rings is 2. The van der Waals surface area contributed by atoms with Crippen LogP contribution in [0.3, 0.4) is 0 Å². The molecule has 4 aromatic carbocycles. The highest BCUT2D eigenvalue weighted by Crippen LogP contribution is 2.41. The third-order valence-electron chi connectivity index (χ3n) is 7.86. The first-order valence-corrected chi connectivity index (χ1v) is 14.9. The summed E-state index contributed by atoms with van der Waals surface area (Å²) in [5.74, 6) is 0.718. The van der Waals surface area contributed by atoms with Crippen LogP contribution in [0, 0.1) is 0 Å². The number of fused-ring (bicyclic) bond motifs is 10. The third-order valence-corrected chi connectivity index (χ3v) is 10.3. The lowest BCUT2D eigenvalue weighted by molar-refractivity contribution is 1.02. The van der Waals surface area contributed by atoms with E-state index >= 15 is 0 Å². The lowest BCUT2D eigenvalue weighted by Crippen LogP contribution is -2.20. The molecule has 0 saturated heterocycles. The number of para-hydroxylation sites is 1. The second-order valence-corrected chi connectivity index (χ2v) is 12.2. The minimum Gasteiger partial charge on any atom is -0.278 e. The zero-order chi connectivity index (χ0) is 25.5. The molecule has 0 bridgehead atoms. The Morgan fingerprint density at radius 2 is 1.41 bits per heavy atom. The lowest BCUT2D eigenvalue weighted by Gasteiger charge is -2.10. The van der Waals surface area contributed by atoms with Crippen LogP contribution in [0.1, 0.15) is 12.8 Å². The van der Waals surface area contributed by atoms with E-state index in [-0.39, 0.29) is 0 Å². The molecule has 0 spiro atoms. The lowest BCUT2D eigenvalue weighted by atomic mass is 10.1. The maximum atomic E-state index is 5.31. The Labute approximate surface area is 231 Å². The van der Waals surface area contributed by atoms with Crippen molar-refractivity contribution < 1.29 is 0 Å². The third kappa shape index (κ3) is 3.03. The fourth-order valence-corrected chi connectivity index (χ4v) is 8.62. The molecule has 1 aliphatic rings. The van der Waals surface area contributed by atoms with Crippen molar-refractivity contribution in [1.82, 2.24) is 14.5 Å². The fourth-order valence-electron chi connectivity index (χ4n) is 6.14. The SMILES string of the molecule is C1=c2sc3c(ccc4c3c3ccccc3n4-c3nc(-c4ccccc4)c4sc5ccccc5c4n3)c2=CCC1. The van der Waals surface area contributed by atoms with Gasteiger partial charge in [0.25, 0.3) is 0 Å². The average molecular weight is 536 g/mol. The van der Waals surface area contributed by atoms with Crippen molar-refractivity contribution >= 4 is 87.0 Å². The number of hydrogen-bond acceptors (Lipinski definition) is 4. The zero-order valence-electron chi connectivity index (χ0n) is 20.9. The normalized spacial score (nSPS) is 13.3. The van der Waals surface area contributed by atoms with Crippen LogP contribution in [0.25, 0.3) is 81.6 Å². The summed E-state index contributed by atoms with van der Waals surface area (Å²) in [6.45, 7) is 0. The van der Waals surface area contributed by atoms with Gasteiger partial charge in [-0.1, -0.05) is 84.9 Å². The second kappa shape index (κ2) is 8.09. The van der Waals surface area contributed by atoms with Gasteiger partial charge in [0.05, 0.1) is 26.9 Å². The zero-order valence-corrected chi connectivity index (χ0v) is 22.5. The van der Waals surface area contributed by atoms with Crippen LogP contribution in [0.15, 0.2) is 91.0 Å². The molecule has 0 aliphatic heterocycles. The van der Waals surface area contributed by atoms with Crippen molar-refractivity contribution in [3.8, 4) is 17.2 Å². The van der Waals surface area contributed by atoms with E-state index in [9.17, 15) is 0 Å². The van der Waals surface area contributed by atoms with Crippen molar-refractivity contribution in [3.05, 3.63) is 101 Å². The summed E-state index contributed by atoms with van der Waals surface area (Å²) in [5.41, 5.74) is 5.40. The first-order chi connectivity index (χ1) is 19.3. The summed E-state index contributed by atoms with van der Waals surface area (Å²) in [6, 6.07) is 32.4. The summed E-state index contributed by atoms with van der Waals surface area (Å²) >= 11 is 3.69.